The molecule has 5 heteroatoms. The smallest absolute Gasteiger partial charge is 0.330 e. The van der Waals surface area contributed by atoms with Gasteiger partial charge in [-0.3, -0.25) is 0 Å². The lowest BCUT2D eigenvalue weighted by Gasteiger charge is -2.40. The Morgan fingerprint density at radius 1 is 1.18 bits per heavy atom. The van der Waals surface area contributed by atoms with Gasteiger partial charge in [0.05, 0.1) is 6.61 Å². The lowest BCUT2D eigenvalue weighted by molar-refractivity contribution is -0.146. The molecule has 5 atom stereocenters. The van der Waals surface area contributed by atoms with E-state index in [4.69, 9.17) is 9.16 Å². The van der Waals surface area contributed by atoms with Gasteiger partial charge in [0.25, 0.3) is 0 Å². The third-order valence-corrected chi connectivity index (χ3v) is 10.7. The summed E-state index contributed by atoms with van der Waals surface area (Å²) in [4.78, 5) is 12.0. The summed E-state index contributed by atoms with van der Waals surface area (Å²) in [6.07, 6.45) is 10.1. The van der Waals surface area contributed by atoms with Crippen LogP contribution in [-0.2, 0) is 14.0 Å². The van der Waals surface area contributed by atoms with Crippen LogP contribution in [0.3, 0.4) is 0 Å². The number of allylic oxidation sites excluding steroid dienone is 2. The highest BCUT2D eigenvalue weighted by Gasteiger charge is 2.39. The minimum atomic E-state index is -1.85. The van der Waals surface area contributed by atoms with Crippen molar-refractivity contribution in [3.63, 3.8) is 0 Å². The van der Waals surface area contributed by atoms with E-state index in [0.29, 0.717) is 11.8 Å². The van der Waals surface area contributed by atoms with E-state index in [1.54, 1.807) is 0 Å². The summed E-state index contributed by atoms with van der Waals surface area (Å²) in [7, 11) is -1.85. The molecule has 1 N–H and O–H groups in total. The molecule has 1 aliphatic rings. The third kappa shape index (κ3) is 8.22. The van der Waals surface area contributed by atoms with Gasteiger partial charge >= 0.3 is 5.97 Å². The molecule has 0 aliphatic carbocycles. The normalized spacial score (nSPS) is 32.5. The summed E-state index contributed by atoms with van der Waals surface area (Å²) >= 11 is 0. The molecule has 0 unspecified atom stereocenters. The van der Waals surface area contributed by atoms with Crippen LogP contribution in [0.5, 0.6) is 0 Å². The van der Waals surface area contributed by atoms with Crippen LogP contribution in [0.25, 0.3) is 0 Å². The Morgan fingerprint density at radius 3 is 2.39 bits per heavy atom. The second-order valence-electron chi connectivity index (χ2n) is 10.1. The monoisotopic (exact) mass is 410 g/mol. The van der Waals surface area contributed by atoms with Crippen LogP contribution in [0, 0.1) is 17.8 Å². The summed E-state index contributed by atoms with van der Waals surface area (Å²) in [5, 5.41) is 9.77. The number of hydrogen-bond donors (Lipinski definition) is 1. The number of aliphatic hydroxyl groups is 1. The SMILES string of the molecule is C[C@@H]1C/C=C\C(=O)O[C@@H](CO)[C@H](C)C=C[C@@H](C)C[C@@H](O[Si](C)(C)C(C)(C)C)C1. The molecule has 0 amide bonds. The van der Waals surface area contributed by atoms with Crippen molar-refractivity contribution in [3.8, 4) is 0 Å². The van der Waals surface area contributed by atoms with Gasteiger partial charge in [0.2, 0.25) is 0 Å². The fourth-order valence-electron chi connectivity index (χ4n) is 3.21. The van der Waals surface area contributed by atoms with E-state index in [1.807, 2.05) is 13.0 Å². The van der Waals surface area contributed by atoms with Gasteiger partial charge in [-0.05, 0) is 49.2 Å². The molecule has 0 fully saturated rings. The van der Waals surface area contributed by atoms with Crippen LogP contribution in [-0.4, -0.2) is 38.2 Å². The number of ether oxygens (including phenoxy) is 1. The molecule has 0 saturated carbocycles. The molecule has 1 rings (SSSR count). The van der Waals surface area contributed by atoms with Crippen molar-refractivity contribution in [2.45, 2.75) is 91.1 Å². The van der Waals surface area contributed by atoms with Crippen molar-refractivity contribution in [3.05, 3.63) is 24.3 Å². The fraction of sp³-hybridized carbons (Fsp3) is 0.783. The van der Waals surface area contributed by atoms with Crippen molar-refractivity contribution < 1.29 is 19.1 Å². The van der Waals surface area contributed by atoms with E-state index in [-0.39, 0.29) is 29.6 Å². The van der Waals surface area contributed by atoms with Crippen LogP contribution < -0.4 is 0 Å². The van der Waals surface area contributed by atoms with Crippen LogP contribution >= 0.6 is 0 Å². The first-order valence-electron chi connectivity index (χ1n) is 10.7. The second-order valence-corrected chi connectivity index (χ2v) is 14.9. The van der Waals surface area contributed by atoms with E-state index in [0.717, 1.165) is 19.3 Å². The van der Waals surface area contributed by atoms with E-state index in [1.165, 1.54) is 6.08 Å². The minimum Gasteiger partial charge on any atom is -0.456 e. The summed E-state index contributed by atoms with van der Waals surface area (Å²) < 4.78 is 12.2. The Kier molecular flexibility index (Phi) is 9.64. The van der Waals surface area contributed by atoms with Gasteiger partial charge in [-0.2, -0.15) is 0 Å². The Hall–Kier alpha value is -0.913. The van der Waals surface area contributed by atoms with Gasteiger partial charge in [-0.15, -0.1) is 0 Å². The number of carbonyl (C=O) groups excluding carboxylic acids is 1. The predicted octanol–water partition coefficient (Wildman–Crippen LogP) is 5.49. The molecule has 0 aromatic rings. The molecule has 0 aromatic carbocycles. The first-order chi connectivity index (χ1) is 12.9. The van der Waals surface area contributed by atoms with E-state index >= 15 is 0 Å². The van der Waals surface area contributed by atoms with Crippen molar-refractivity contribution in [1.82, 2.24) is 0 Å². The second kappa shape index (κ2) is 10.7. The largest absolute Gasteiger partial charge is 0.456 e. The quantitative estimate of drug-likeness (QED) is 0.380. The van der Waals surface area contributed by atoms with E-state index in [9.17, 15) is 9.90 Å². The number of carbonyl (C=O) groups is 1. The van der Waals surface area contributed by atoms with E-state index in [2.05, 4.69) is 59.9 Å². The highest BCUT2D eigenvalue weighted by atomic mass is 28.4. The molecule has 1 aliphatic heterocycles. The first-order valence-corrected chi connectivity index (χ1v) is 13.6. The molecule has 0 radical (unpaired) electrons. The molecular weight excluding hydrogens is 368 g/mol. The average molecular weight is 411 g/mol. The van der Waals surface area contributed by atoms with Crippen LogP contribution in [0.1, 0.15) is 60.8 Å². The third-order valence-electron chi connectivity index (χ3n) is 6.14. The summed E-state index contributed by atoms with van der Waals surface area (Å²) in [6.45, 7) is 17.7. The maximum absolute atomic E-state index is 12.0. The minimum absolute atomic E-state index is 0.0357. The van der Waals surface area contributed by atoms with Crippen molar-refractivity contribution >= 4 is 14.3 Å². The number of esters is 1. The number of cyclic esters (lactones) is 1. The summed E-state index contributed by atoms with van der Waals surface area (Å²) in [6, 6.07) is 0. The van der Waals surface area contributed by atoms with Gasteiger partial charge < -0.3 is 14.3 Å². The molecule has 4 nitrogen and oxygen atoms in total. The molecular formula is C23H42O4Si. The van der Waals surface area contributed by atoms with Crippen molar-refractivity contribution in [2.24, 2.45) is 17.8 Å². The Labute approximate surface area is 173 Å². The Morgan fingerprint density at radius 2 is 1.82 bits per heavy atom. The zero-order valence-corrected chi connectivity index (χ0v) is 20.2. The van der Waals surface area contributed by atoms with Gasteiger partial charge in [0.1, 0.15) is 6.10 Å². The van der Waals surface area contributed by atoms with Crippen LogP contribution in [0.15, 0.2) is 24.3 Å². The summed E-state index contributed by atoms with van der Waals surface area (Å²) in [5.41, 5.74) is 0. The predicted molar refractivity (Wildman–Crippen MR) is 119 cm³/mol. The van der Waals surface area contributed by atoms with Crippen molar-refractivity contribution in [1.29, 1.82) is 0 Å². The van der Waals surface area contributed by atoms with E-state index < -0.39 is 14.4 Å². The van der Waals surface area contributed by atoms with Crippen LogP contribution in [0.4, 0.5) is 0 Å². The molecule has 1 heterocycles. The Balaban J connectivity index is 3.04. The lowest BCUT2D eigenvalue weighted by Crippen LogP contribution is -2.44. The zero-order chi connectivity index (χ0) is 21.5. The molecule has 0 aromatic heterocycles. The van der Waals surface area contributed by atoms with Crippen LogP contribution in [0.2, 0.25) is 18.1 Å². The lowest BCUT2D eigenvalue weighted by atomic mass is 9.92. The van der Waals surface area contributed by atoms with Gasteiger partial charge in [-0.25, -0.2) is 4.79 Å². The maximum atomic E-state index is 12.0. The standard InChI is InChI=1S/C23H42O4Si/c1-17-10-9-11-22(25)26-21(16-24)19(3)13-12-18(2)15-20(14-17)27-28(7,8)23(4,5)6/h9,11-13,17-21,24H,10,14-16H2,1-8H3/b11-9-,13-12?/t17-,18-,19-,20+,21+/m1/s1. The number of hydrogen-bond acceptors (Lipinski definition) is 4. The fourth-order valence-corrected chi connectivity index (χ4v) is 4.59. The van der Waals surface area contributed by atoms with Gasteiger partial charge in [-0.1, -0.05) is 59.8 Å². The zero-order valence-electron chi connectivity index (χ0n) is 19.2. The summed E-state index contributed by atoms with van der Waals surface area (Å²) in [5.74, 6) is 0.362. The number of rotatable bonds is 3. The first kappa shape index (κ1) is 25.1. The van der Waals surface area contributed by atoms with Crippen molar-refractivity contribution in [2.75, 3.05) is 6.61 Å². The average Bonchev–Trinajstić information content (AvgIpc) is 2.55. The number of aliphatic hydroxyl groups excluding tert-OH is 1. The molecule has 28 heavy (non-hydrogen) atoms. The molecule has 0 bridgehead atoms. The topological polar surface area (TPSA) is 55.8 Å². The molecule has 0 spiro atoms. The highest BCUT2D eigenvalue weighted by molar-refractivity contribution is 6.74. The molecule has 162 valence electrons. The Bertz CT molecular complexity index is 547. The highest BCUT2D eigenvalue weighted by Crippen LogP contribution is 2.39. The molecule has 0 saturated heterocycles. The van der Waals surface area contributed by atoms with Gasteiger partial charge in [0, 0.05) is 18.1 Å². The maximum Gasteiger partial charge on any atom is 0.330 e. The van der Waals surface area contributed by atoms with Gasteiger partial charge in [0.15, 0.2) is 8.32 Å².